The molecule has 3 aliphatic carbocycles. The highest BCUT2D eigenvalue weighted by Crippen LogP contribution is 2.42. The van der Waals surface area contributed by atoms with Gasteiger partial charge in [-0.15, -0.1) is 0 Å². The van der Waals surface area contributed by atoms with Crippen LogP contribution in [-0.2, 0) is 4.74 Å². The van der Waals surface area contributed by atoms with Gasteiger partial charge in [0.15, 0.2) is 5.13 Å². The van der Waals surface area contributed by atoms with Crippen LogP contribution in [0.4, 0.5) is 5.13 Å². The van der Waals surface area contributed by atoms with Gasteiger partial charge in [0.2, 0.25) is 0 Å². The number of amides is 1. The summed E-state index contributed by atoms with van der Waals surface area (Å²) in [5.74, 6) is 1.50. The van der Waals surface area contributed by atoms with Crippen molar-refractivity contribution >= 4 is 22.4 Å². The standard InChI is InChI=1S/C22H27N3O2S/c26-21(23-18-14-15-6-8-16(18)9-7-15)20-19(17-4-2-1-3-5-17)24-22(28-20)25-10-12-27-13-11-25/h1-5,15-16,18H,6-14H2,(H,23,26). The smallest absolute Gasteiger partial charge is 0.263 e. The molecule has 4 aliphatic rings. The maximum absolute atomic E-state index is 13.3. The van der Waals surface area contributed by atoms with Crippen molar-refractivity contribution in [1.29, 1.82) is 0 Å². The van der Waals surface area contributed by atoms with Crippen LogP contribution in [0.5, 0.6) is 0 Å². The summed E-state index contributed by atoms with van der Waals surface area (Å²) in [4.78, 5) is 21.2. The zero-order chi connectivity index (χ0) is 18.9. The van der Waals surface area contributed by atoms with E-state index in [4.69, 9.17) is 9.72 Å². The Kier molecular flexibility index (Phi) is 5.07. The number of anilines is 1. The molecule has 1 saturated heterocycles. The zero-order valence-electron chi connectivity index (χ0n) is 16.1. The molecule has 1 aliphatic heterocycles. The first-order chi connectivity index (χ1) is 13.8. The summed E-state index contributed by atoms with van der Waals surface area (Å²) in [7, 11) is 0. The lowest BCUT2D eigenvalue weighted by Gasteiger charge is -2.42. The number of nitrogens with zero attached hydrogens (tertiary/aromatic N) is 2. The number of ether oxygens (including phenoxy) is 1. The van der Waals surface area contributed by atoms with Crippen molar-refractivity contribution in [1.82, 2.24) is 10.3 Å². The van der Waals surface area contributed by atoms with E-state index in [1.165, 1.54) is 37.0 Å². The fourth-order valence-electron chi connectivity index (χ4n) is 4.93. The Hall–Kier alpha value is -1.92. The molecule has 3 saturated carbocycles. The first-order valence-corrected chi connectivity index (χ1v) is 11.3. The number of rotatable bonds is 4. The fourth-order valence-corrected chi connectivity index (χ4v) is 5.98. The van der Waals surface area contributed by atoms with Gasteiger partial charge >= 0.3 is 0 Å². The first kappa shape index (κ1) is 18.1. The molecular formula is C22H27N3O2S. The summed E-state index contributed by atoms with van der Waals surface area (Å²) in [5, 5.41) is 4.31. The molecule has 1 unspecified atom stereocenters. The molecule has 1 N–H and O–H groups in total. The Morgan fingerprint density at radius 2 is 1.86 bits per heavy atom. The Balaban J connectivity index is 1.43. The maximum Gasteiger partial charge on any atom is 0.263 e. The second-order valence-electron chi connectivity index (χ2n) is 8.24. The second-order valence-corrected chi connectivity index (χ2v) is 9.21. The van der Waals surface area contributed by atoms with Gasteiger partial charge in [-0.2, -0.15) is 0 Å². The van der Waals surface area contributed by atoms with Gasteiger partial charge in [0, 0.05) is 24.7 Å². The molecule has 1 aromatic heterocycles. The topological polar surface area (TPSA) is 54.5 Å². The number of carbonyl (C=O) groups is 1. The van der Waals surface area contributed by atoms with Crippen molar-refractivity contribution in [3.05, 3.63) is 35.2 Å². The first-order valence-electron chi connectivity index (χ1n) is 10.5. The number of hydrogen-bond donors (Lipinski definition) is 1. The van der Waals surface area contributed by atoms with Crippen molar-refractivity contribution in [2.24, 2.45) is 11.8 Å². The number of carbonyl (C=O) groups excluding carboxylic acids is 1. The van der Waals surface area contributed by atoms with Gasteiger partial charge in [0.1, 0.15) is 4.88 Å². The van der Waals surface area contributed by atoms with Crippen LogP contribution in [-0.4, -0.2) is 43.2 Å². The molecule has 148 valence electrons. The Labute approximate surface area is 170 Å². The molecule has 6 rings (SSSR count). The van der Waals surface area contributed by atoms with E-state index in [0.29, 0.717) is 25.2 Å². The number of aromatic nitrogens is 1. The lowest BCUT2D eigenvalue weighted by atomic mass is 9.68. The summed E-state index contributed by atoms with van der Waals surface area (Å²) < 4.78 is 5.47. The minimum Gasteiger partial charge on any atom is -0.378 e. The fraction of sp³-hybridized carbons (Fsp3) is 0.545. The van der Waals surface area contributed by atoms with E-state index in [1.54, 1.807) is 0 Å². The number of nitrogens with one attached hydrogen (secondary N) is 1. The average Bonchev–Trinajstić information content (AvgIpc) is 3.22. The van der Waals surface area contributed by atoms with Crippen LogP contribution in [0, 0.1) is 11.8 Å². The van der Waals surface area contributed by atoms with Crippen molar-refractivity contribution < 1.29 is 9.53 Å². The average molecular weight is 398 g/mol. The number of hydrogen-bond acceptors (Lipinski definition) is 5. The van der Waals surface area contributed by atoms with E-state index in [2.05, 4.69) is 10.2 Å². The van der Waals surface area contributed by atoms with Gasteiger partial charge in [0.25, 0.3) is 5.91 Å². The number of benzene rings is 1. The Bertz CT molecular complexity index is 824. The summed E-state index contributed by atoms with van der Waals surface area (Å²) in [6.07, 6.45) is 6.36. The molecule has 1 aromatic carbocycles. The Morgan fingerprint density at radius 1 is 1.11 bits per heavy atom. The van der Waals surface area contributed by atoms with Gasteiger partial charge in [0.05, 0.1) is 18.9 Å². The van der Waals surface area contributed by atoms with Crippen LogP contribution in [0.3, 0.4) is 0 Å². The van der Waals surface area contributed by atoms with Gasteiger partial charge < -0.3 is 15.0 Å². The van der Waals surface area contributed by atoms with Crippen LogP contribution in [0.15, 0.2) is 30.3 Å². The molecule has 0 spiro atoms. The third-order valence-electron chi connectivity index (χ3n) is 6.52. The second kappa shape index (κ2) is 7.84. The van der Waals surface area contributed by atoms with E-state index in [-0.39, 0.29) is 5.91 Å². The van der Waals surface area contributed by atoms with Crippen molar-refractivity contribution in [3.8, 4) is 11.3 Å². The highest BCUT2D eigenvalue weighted by Gasteiger charge is 2.37. The van der Waals surface area contributed by atoms with E-state index in [9.17, 15) is 4.79 Å². The van der Waals surface area contributed by atoms with Crippen molar-refractivity contribution in [2.45, 2.75) is 38.1 Å². The number of morpholine rings is 1. The molecule has 1 atom stereocenters. The minimum absolute atomic E-state index is 0.0495. The largest absolute Gasteiger partial charge is 0.378 e. The molecule has 0 radical (unpaired) electrons. The van der Waals surface area contributed by atoms with E-state index in [0.717, 1.165) is 46.7 Å². The van der Waals surface area contributed by atoms with Crippen LogP contribution >= 0.6 is 11.3 Å². The predicted molar refractivity (Wildman–Crippen MR) is 112 cm³/mol. The molecule has 28 heavy (non-hydrogen) atoms. The predicted octanol–water partition coefficient (Wildman–Crippen LogP) is 3.96. The van der Waals surface area contributed by atoms with E-state index >= 15 is 0 Å². The monoisotopic (exact) mass is 397 g/mol. The Morgan fingerprint density at radius 3 is 2.54 bits per heavy atom. The van der Waals surface area contributed by atoms with Gasteiger partial charge in [-0.3, -0.25) is 4.79 Å². The summed E-state index contributed by atoms with van der Waals surface area (Å²) in [6.45, 7) is 3.09. The quantitative estimate of drug-likeness (QED) is 0.849. The molecule has 2 bridgehead atoms. The molecule has 2 aromatic rings. The highest BCUT2D eigenvalue weighted by atomic mass is 32.1. The van der Waals surface area contributed by atoms with Crippen molar-refractivity contribution in [2.75, 3.05) is 31.2 Å². The van der Waals surface area contributed by atoms with Crippen LogP contribution in [0.1, 0.15) is 41.8 Å². The minimum atomic E-state index is 0.0495. The molecule has 4 fully saturated rings. The van der Waals surface area contributed by atoms with Crippen LogP contribution < -0.4 is 10.2 Å². The number of thiazole rings is 1. The molecule has 6 heteroatoms. The summed E-state index contributed by atoms with van der Waals surface area (Å²) in [5.41, 5.74) is 1.82. The van der Waals surface area contributed by atoms with Gasteiger partial charge in [-0.25, -0.2) is 4.98 Å². The maximum atomic E-state index is 13.3. The summed E-state index contributed by atoms with van der Waals surface area (Å²) in [6, 6.07) is 10.4. The van der Waals surface area contributed by atoms with Crippen LogP contribution in [0.25, 0.3) is 11.3 Å². The van der Waals surface area contributed by atoms with Gasteiger partial charge in [-0.05, 0) is 31.1 Å². The van der Waals surface area contributed by atoms with Gasteiger partial charge in [-0.1, -0.05) is 54.5 Å². The summed E-state index contributed by atoms with van der Waals surface area (Å²) >= 11 is 1.52. The lowest BCUT2D eigenvalue weighted by Crippen LogP contribution is -2.47. The lowest BCUT2D eigenvalue weighted by molar-refractivity contribution is 0.0814. The third-order valence-corrected chi connectivity index (χ3v) is 7.63. The molecule has 1 amide bonds. The van der Waals surface area contributed by atoms with Crippen molar-refractivity contribution in [3.63, 3.8) is 0 Å². The molecular weight excluding hydrogens is 370 g/mol. The molecule has 5 nitrogen and oxygen atoms in total. The number of fused-ring (bicyclic) bond motifs is 3. The van der Waals surface area contributed by atoms with Crippen LogP contribution in [0.2, 0.25) is 0 Å². The van der Waals surface area contributed by atoms with E-state index in [1.807, 2.05) is 30.3 Å². The SMILES string of the molecule is O=C(NC1CC2CCC1CC2)c1sc(N2CCOCC2)nc1-c1ccccc1. The normalized spacial score (nSPS) is 27.0. The van der Waals surface area contributed by atoms with E-state index < -0.39 is 0 Å². The third kappa shape index (κ3) is 3.55. The highest BCUT2D eigenvalue weighted by molar-refractivity contribution is 7.18. The molecule has 2 heterocycles. The zero-order valence-corrected chi connectivity index (χ0v) is 16.9.